The van der Waals surface area contributed by atoms with Crippen LogP contribution in [0.25, 0.3) is 0 Å². The molecule has 2 unspecified atom stereocenters. The summed E-state index contributed by atoms with van der Waals surface area (Å²) in [5.74, 6) is -0.321. The topological polar surface area (TPSA) is 96.2 Å². The Labute approximate surface area is 108 Å². The molecule has 0 rings (SSSR count). The van der Waals surface area contributed by atoms with Gasteiger partial charge in [0.15, 0.2) is 0 Å². The van der Waals surface area contributed by atoms with Crippen LogP contribution in [0.2, 0.25) is 0 Å². The van der Waals surface area contributed by atoms with Crippen LogP contribution in [0.1, 0.15) is 32.6 Å². The molecule has 2 atom stereocenters. The number of aliphatic hydroxyl groups excluding tert-OH is 3. The van der Waals surface area contributed by atoms with Crippen molar-refractivity contribution < 1.29 is 29.6 Å². The number of esters is 1. The Morgan fingerprint density at radius 1 is 1.11 bits per heavy atom. The molecule has 0 radical (unpaired) electrons. The van der Waals surface area contributed by atoms with Gasteiger partial charge in [-0.05, 0) is 6.42 Å². The lowest BCUT2D eigenvalue weighted by Gasteiger charge is -2.13. The number of unbranched alkanes of at least 4 members (excludes halogenated alkanes) is 2. The highest BCUT2D eigenvalue weighted by Gasteiger charge is 2.10. The van der Waals surface area contributed by atoms with Gasteiger partial charge in [0.1, 0.15) is 18.8 Å². The summed E-state index contributed by atoms with van der Waals surface area (Å²) < 4.78 is 9.78. The van der Waals surface area contributed by atoms with Crippen LogP contribution in [-0.4, -0.2) is 59.9 Å². The molecule has 108 valence electrons. The molecule has 0 saturated heterocycles. The van der Waals surface area contributed by atoms with E-state index in [1.165, 1.54) is 0 Å². The fraction of sp³-hybridized carbons (Fsp3) is 0.917. The zero-order chi connectivity index (χ0) is 13.8. The number of rotatable bonds is 11. The highest BCUT2D eigenvalue weighted by molar-refractivity contribution is 5.69. The van der Waals surface area contributed by atoms with Crippen molar-refractivity contribution in [1.29, 1.82) is 0 Å². The fourth-order valence-electron chi connectivity index (χ4n) is 1.22. The molecule has 0 aromatic rings. The van der Waals surface area contributed by atoms with E-state index in [9.17, 15) is 9.90 Å². The average molecular weight is 264 g/mol. The second-order valence-electron chi connectivity index (χ2n) is 4.17. The minimum absolute atomic E-state index is 0.0424. The summed E-state index contributed by atoms with van der Waals surface area (Å²) >= 11 is 0. The van der Waals surface area contributed by atoms with Gasteiger partial charge < -0.3 is 24.8 Å². The molecule has 0 aliphatic carbocycles. The summed E-state index contributed by atoms with van der Waals surface area (Å²) in [4.78, 5) is 11.2. The molecule has 0 heterocycles. The Balaban J connectivity index is 3.45. The highest BCUT2D eigenvalue weighted by Crippen LogP contribution is 2.01. The first-order valence-corrected chi connectivity index (χ1v) is 6.30. The van der Waals surface area contributed by atoms with E-state index in [4.69, 9.17) is 19.7 Å². The molecule has 0 spiro atoms. The van der Waals surface area contributed by atoms with E-state index in [-0.39, 0.29) is 32.4 Å². The molecule has 3 N–H and O–H groups in total. The summed E-state index contributed by atoms with van der Waals surface area (Å²) in [7, 11) is 0. The minimum Gasteiger partial charge on any atom is -0.463 e. The summed E-state index contributed by atoms with van der Waals surface area (Å²) in [6.07, 6.45) is 1.33. The van der Waals surface area contributed by atoms with Gasteiger partial charge in [0.25, 0.3) is 0 Å². The van der Waals surface area contributed by atoms with E-state index in [2.05, 4.69) is 0 Å². The lowest BCUT2D eigenvalue weighted by Crippen LogP contribution is -2.27. The van der Waals surface area contributed by atoms with Crippen LogP contribution in [0.15, 0.2) is 0 Å². The van der Waals surface area contributed by atoms with Gasteiger partial charge in [0, 0.05) is 6.42 Å². The summed E-state index contributed by atoms with van der Waals surface area (Å²) in [6, 6.07) is 0. The van der Waals surface area contributed by atoms with Crippen molar-refractivity contribution >= 4 is 5.97 Å². The smallest absolute Gasteiger partial charge is 0.305 e. The molecule has 0 fully saturated rings. The van der Waals surface area contributed by atoms with Gasteiger partial charge in [0.05, 0.1) is 19.8 Å². The van der Waals surface area contributed by atoms with Crippen LogP contribution in [0.5, 0.6) is 0 Å². The fourth-order valence-corrected chi connectivity index (χ4v) is 1.22. The Bertz CT molecular complexity index is 209. The Morgan fingerprint density at radius 3 is 2.39 bits per heavy atom. The van der Waals surface area contributed by atoms with E-state index in [0.29, 0.717) is 6.42 Å². The third-order valence-electron chi connectivity index (χ3n) is 2.25. The number of ether oxygens (including phenoxy) is 2. The molecule has 0 amide bonds. The van der Waals surface area contributed by atoms with E-state index in [1.54, 1.807) is 0 Å². The predicted octanol–water partition coefficient (Wildman–Crippen LogP) is -0.159. The van der Waals surface area contributed by atoms with Gasteiger partial charge in [-0.25, -0.2) is 0 Å². The number of hydrogen-bond acceptors (Lipinski definition) is 6. The van der Waals surface area contributed by atoms with Crippen LogP contribution in [0, 0.1) is 0 Å². The van der Waals surface area contributed by atoms with E-state index in [1.807, 2.05) is 6.92 Å². The van der Waals surface area contributed by atoms with Crippen molar-refractivity contribution in [1.82, 2.24) is 0 Å². The van der Waals surface area contributed by atoms with Crippen LogP contribution in [-0.2, 0) is 14.3 Å². The maximum atomic E-state index is 11.2. The van der Waals surface area contributed by atoms with Crippen molar-refractivity contribution in [2.75, 3.05) is 26.4 Å². The van der Waals surface area contributed by atoms with Crippen LogP contribution in [0.3, 0.4) is 0 Å². The number of aliphatic hydroxyl groups is 3. The molecule has 0 bridgehead atoms. The van der Waals surface area contributed by atoms with Crippen molar-refractivity contribution in [3.63, 3.8) is 0 Å². The zero-order valence-electron chi connectivity index (χ0n) is 10.9. The average Bonchev–Trinajstić information content (AvgIpc) is 2.36. The van der Waals surface area contributed by atoms with Gasteiger partial charge in [-0.2, -0.15) is 0 Å². The molecule has 0 aromatic heterocycles. The molecule has 0 aliphatic rings. The van der Waals surface area contributed by atoms with Gasteiger partial charge >= 0.3 is 5.97 Å². The van der Waals surface area contributed by atoms with Crippen molar-refractivity contribution in [2.45, 2.75) is 44.8 Å². The maximum absolute atomic E-state index is 11.2. The van der Waals surface area contributed by atoms with E-state index < -0.39 is 12.2 Å². The van der Waals surface area contributed by atoms with E-state index in [0.717, 1.165) is 19.3 Å². The molecular weight excluding hydrogens is 240 g/mol. The zero-order valence-corrected chi connectivity index (χ0v) is 10.9. The largest absolute Gasteiger partial charge is 0.463 e. The van der Waals surface area contributed by atoms with Gasteiger partial charge in [0.2, 0.25) is 0 Å². The Kier molecular flexibility index (Phi) is 11.0. The second-order valence-corrected chi connectivity index (χ2v) is 4.17. The second kappa shape index (κ2) is 11.4. The first-order valence-electron chi connectivity index (χ1n) is 6.30. The third kappa shape index (κ3) is 10.5. The normalized spacial score (nSPS) is 14.2. The standard InChI is InChI=1S/C12H24O6/c1-2-3-4-5-12(16)18-9-11(15)8-17-7-10(14)6-13/h10-11,13-15H,2-9H2,1H3. The first kappa shape index (κ1) is 17.3. The molecule has 6 heteroatoms. The molecule has 18 heavy (non-hydrogen) atoms. The quantitative estimate of drug-likeness (QED) is 0.354. The lowest BCUT2D eigenvalue weighted by molar-refractivity contribution is -0.148. The van der Waals surface area contributed by atoms with Crippen LogP contribution >= 0.6 is 0 Å². The van der Waals surface area contributed by atoms with Crippen LogP contribution < -0.4 is 0 Å². The minimum atomic E-state index is -0.950. The first-order chi connectivity index (χ1) is 8.60. The van der Waals surface area contributed by atoms with Crippen molar-refractivity contribution in [3.05, 3.63) is 0 Å². The van der Waals surface area contributed by atoms with Gasteiger partial charge in [-0.15, -0.1) is 0 Å². The number of carbonyl (C=O) groups is 1. The van der Waals surface area contributed by atoms with Gasteiger partial charge in [-0.1, -0.05) is 19.8 Å². The maximum Gasteiger partial charge on any atom is 0.305 e. The highest BCUT2D eigenvalue weighted by atomic mass is 16.5. The molecule has 0 aromatic carbocycles. The lowest BCUT2D eigenvalue weighted by atomic mass is 10.2. The van der Waals surface area contributed by atoms with Crippen molar-refractivity contribution in [2.24, 2.45) is 0 Å². The summed E-state index contributed by atoms with van der Waals surface area (Å²) in [5, 5.41) is 26.9. The number of hydrogen-bond donors (Lipinski definition) is 3. The predicted molar refractivity (Wildman–Crippen MR) is 65.0 cm³/mol. The number of carbonyl (C=O) groups excluding carboxylic acids is 1. The molecule has 0 saturated carbocycles. The summed E-state index contributed by atoms with van der Waals surface area (Å²) in [5.41, 5.74) is 0. The molecule has 6 nitrogen and oxygen atoms in total. The van der Waals surface area contributed by atoms with Crippen LogP contribution in [0.4, 0.5) is 0 Å². The van der Waals surface area contributed by atoms with Gasteiger partial charge in [-0.3, -0.25) is 4.79 Å². The third-order valence-corrected chi connectivity index (χ3v) is 2.25. The van der Waals surface area contributed by atoms with Crippen molar-refractivity contribution in [3.8, 4) is 0 Å². The SMILES string of the molecule is CCCCCC(=O)OCC(O)COCC(O)CO. The monoisotopic (exact) mass is 264 g/mol. The molecular formula is C12H24O6. The Hall–Kier alpha value is -0.690. The Morgan fingerprint density at radius 2 is 1.78 bits per heavy atom. The molecule has 0 aliphatic heterocycles. The van der Waals surface area contributed by atoms with E-state index >= 15 is 0 Å². The summed E-state index contributed by atoms with van der Waals surface area (Å²) in [6.45, 7) is 1.45.